The minimum atomic E-state index is -0.137. The number of rotatable bonds is 5. The lowest BCUT2D eigenvalue weighted by molar-refractivity contribution is -0.0778. The molecular weight excluding hydrogens is 348 g/mol. The highest BCUT2D eigenvalue weighted by Crippen LogP contribution is 2.14. The second-order valence-corrected chi connectivity index (χ2v) is 7.31. The lowest BCUT2D eigenvalue weighted by Crippen LogP contribution is -2.52. The number of hydrogen-bond acceptors (Lipinski definition) is 4. The molecule has 7 heteroatoms. The normalized spacial score (nSPS) is 22.1. The van der Waals surface area contributed by atoms with Gasteiger partial charge in [-0.1, -0.05) is 18.2 Å². The van der Waals surface area contributed by atoms with Crippen LogP contribution in [0.1, 0.15) is 31.3 Å². The largest absolute Gasteiger partial charge is 0.373 e. The molecule has 1 fully saturated rings. The van der Waals surface area contributed by atoms with Gasteiger partial charge in [0.05, 0.1) is 12.2 Å². The van der Waals surface area contributed by atoms with Crippen molar-refractivity contribution in [3.05, 3.63) is 47.0 Å². The average molecular weight is 375 g/mol. The van der Waals surface area contributed by atoms with Gasteiger partial charge in [0.2, 0.25) is 0 Å². The molecule has 6 nitrogen and oxygen atoms in total. The Morgan fingerprint density at radius 1 is 1.31 bits per heavy atom. The number of nitrogens with zero attached hydrogens (tertiary/aromatic N) is 2. The summed E-state index contributed by atoms with van der Waals surface area (Å²) >= 11 is 5.34. The van der Waals surface area contributed by atoms with E-state index in [0.29, 0.717) is 17.0 Å². The average Bonchev–Trinajstić information content (AvgIpc) is 3.01. The van der Waals surface area contributed by atoms with Gasteiger partial charge >= 0.3 is 0 Å². The highest BCUT2D eigenvalue weighted by atomic mass is 32.1. The Kier molecular flexibility index (Phi) is 5.90. The number of carbonyl (C=O) groups is 1. The van der Waals surface area contributed by atoms with Crippen LogP contribution in [-0.2, 0) is 4.74 Å². The maximum atomic E-state index is 12.7. The molecule has 140 valence electrons. The second-order valence-electron chi connectivity index (χ2n) is 6.92. The SMILES string of the molecule is CC1CN(C(C)CNC(=O)c2c[nH]c(=S)n2-c2ccccc2)CC(C)O1. The van der Waals surface area contributed by atoms with E-state index in [2.05, 4.69) is 36.0 Å². The van der Waals surface area contributed by atoms with E-state index in [-0.39, 0.29) is 24.2 Å². The van der Waals surface area contributed by atoms with E-state index in [1.807, 2.05) is 30.3 Å². The van der Waals surface area contributed by atoms with Gasteiger partial charge in [-0.15, -0.1) is 0 Å². The molecule has 26 heavy (non-hydrogen) atoms. The molecule has 0 saturated carbocycles. The molecule has 2 aromatic rings. The summed E-state index contributed by atoms with van der Waals surface area (Å²) in [6, 6.07) is 9.88. The number of ether oxygens (including phenoxy) is 1. The number of aromatic nitrogens is 2. The Labute approximate surface area is 159 Å². The maximum absolute atomic E-state index is 12.7. The summed E-state index contributed by atoms with van der Waals surface area (Å²) in [7, 11) is 0. The predicted octanol–water partition coefficient (Wildman–Crippen LogP) is 2.76. The topological polar surface area (TPSA) is 62.3 Å². The number of benzene rings is 1. The van der Waals surface area contributed by atoms with Crippen LogP contribution in [0.15, 0.2) is 36.5 Å². The van der Waals surface area contributed by atoms with Gasteiger partial charge in [0.15, 0.2) is 4.77 Å². The van der Waals surface area contributed by atoms with Crippen LogP contribution in [0.4, 0.5) is 0 Å². The zero-order valence-electron chi connectivity index (χ0n) is 15.4. The molecule has 3 unspecified atom stereocenters. The van der Waals surface area contributed by atoms with Crippen molar-refractivity contribution in [2.24, 2.45) is 0 Å². The third kappa shape index (κ3) is 4.23. The van der Waals surface area contributed by atoms with E-state index in [9.17, 15) is 4.79 Å². The summed E-state index contributed by atoms with van der Waals surface area (Å²) in [5, 5.41) is 3.04. The summed E-state index contributed by atoms with van der Waals surface area (Å²) < 4.78 is 8.04. The lowest BCUT2D eigenvalue weighted by Gasteiger charge is -2.39. The third-order valence-electron chi connectivity index (χ3n) is 4.65. The predicted molar refractivity (Wildman–Crippen MR) is 104 cm³/mol. The van der Waals surface area contributed by atoms with Gasteiger partial charge in [-0.05, 0) is 45.1 Å². The smallest absolute Gasteiger partial charge is 0.269 e. The molecule has 0 aliphatic carbocycles. The fourth-order valence-electron chi connectivity index (χ4n) is 3.41. The zero-order valence-corrected chi connectivity index (χ0v) is 16.3. The molecule has 0 spiro atoms. The van der Waals surface area contributed by atoms with Gasteiger partial charge in [0, 0.05) is 37.6 Å². The van der Waals surface area contributed by atoms with Gasteiger partial charge in [-0.3, -0.25) is 14.3 Å². The molecule has 0 bridgehead atoms. The molecule has 1 amide bonds. The van der Waals surface area contributed by atoms with E-state index >= 15 is 0 Å². The van der Waals surface area contributed by atoms with Gasteiger partial charge in [0.25, 0.3) is 5.91 Å². The van der Waals surface area contributed by atoms with Crippen molar-refractivity contribution < 1.29 is 9.53 Å². The zero-order chi connectivity index (χ0) is 18.7. The summed E-state index contributed by atoms with van der Waals surface area (Å²) in [6.07, 6.45) is 2.09. The summed E-state index contributed by atoms with van der Waals surface area (Å²) in [4.78, 5) is 18.1. The quantitative estimate of drug-likeness (QED) is 0.790. The van der Waals surface area contributed by atoms with Crippen molar-refractivity contribution in [2.75, 3.05) is 19.6 Å². The van der Waals surface area contributed by atoms with Crippen LogP contribution in [0.3, 0.4) is 0 Å². The first-order chi connectivity index (χ1) is 12.5. The van der Waals surface area contributed by atoms with Gasteiger partial charge in [-0.2, -0.15) is 0 Å². The molecule has 1 aromatic carbocycles. The molecule has 2 heterocycles. The van der Waals surface area contributed by atoms with Crippen LogP contribution in [0, 0.1) is 4.77 Å². The maximum Gasteiger partial charge on any atom is 0.269 e. The standard InChI is InChI=1S/C19H26N4O2S/c1-13(22-11-14(2)25-15(3)12-22)9-20-18(24)17-10-21-19(26)23(17)16-7-5-4-6-8-16/h4-8,10,13-15H,9,11-12H2,1-3H3,(H,20,24)(H,21,26). The molecule has 3 rings (SSSR count). The first-order valence-corrected chi connectivity index (χ1v) is 9.40. The number of nitrogens with one attached hydrogen (secondary N) is 2. The number of imidazole rings is 1. The molecule has 2 N–H and O–H groups in total. The fourth-order valence-corrected chi connectivity index (χ4v) is 3.67. The number of amides is 1. The monoisotopic (exact) mass is 374 g/mol. The molecule has 1 aromatic heterocycles. The van der Waals surface area contributed by atoms with E-state index in [1.165, 1.54) is 0 Å². The lowest BCUT2D eigenvalue weighted by atomic mass is 10.1. The van der Waals surface area contributed by atoms with Crippen LogP contribution in [0.5, 0.6) is 0 Å². The summed E-state index contributed by atoms with van der Waals surface area (Å²) in [6.45, 7) is 8.64. The third-order valence-corrected chi connectivity index (χ3v) is 4.95. The first-order valence-electron chi connectivity index (χ1n) is 8.99. The van der Waals surface area contributed by atoms with E-state index in [0.717, 1.165) is 18.8 Å². The minimum absolute atomic E-state index is 0.137. The van der Waals surface area contributed by atoms with Crippen LogP contribution >= 0.6 is 12.2 Å². The number of H-pyrrole nitrogens is 1. The number of hydrogen-bond donors (Lipinski definition) is 2. The summed E-state index contributed by atoms with van der Waals surface area (Å²) in [5.41, 5.74) is 1.38. The van der Waals surface area contributed by atoms with E-state index < -0.39 is 0 Å². The fraction of sp³-hybridized carbons (Fsp3) is 0.474. The highest BCUT2D eigenvalue weighted by Gasteiger charge is 2.26. The first kappa shape index (κ1) is 18.8. The van der Waals surface area contributed by atoms with Crippen molar-refractivity contribution >= 4 is 18.1 Å². The number of aromatic amines is 1. The Balaban J connectivity index is 1.67. The minimum Gasteiger partial charge on any atom is -0.373 e. The van der Waals surface area contributed by atoms with Crippen LogP contribution in [0.2, 0.25) is 0 Å². The van der Waals surface area contributed by atoms with Gasteiger partial charge in [-0.25, -0.2) is 0 Å². The van der Waals surface area contributed by atoms with Gasteiger partial charge < -0.3 is 15.0 Å². The Bertz CT molecular complexity index is 791. The van der Waals surface area contributed by atoms with Crippen LogP contribution < -0.4 is 5.32 Å². The molecule has 3 atom stereocenters. The Hall–Kier alpha value is -1.96. The van der Waals surface area contributed by atoms with E-state index in [4.69, 9.17) is 17.0 Å². The summed E-state index contributed by atoms with van der Waals surface area (Å²) in [5.74, 6) is -0.137. The van der Waals surface area contributed by atoms with Crippen molar-refractivity contribution in [1.29, 1.82) is 0 Å². The van der Waals surface area contributed by atoms with Crippen molar-refractivity contribution in [2.45, 2.75) is 39.0 Å². The molecule has 1 aliphatic heterocycles. The Morgan fingerprint density at radius 3 is 2.62 bits per heavy atom. The van der Waals surface area contributed by atoms with Crippen molar-refractivity contribution in [3.63, 3.8) is 0 Å². The molecule has 1 saturated heterocycles. The second kappa shape index (κ2) is 8.16. The van der Waals surface area contributed by atoms with Gasteiger partial charge in [0.1, 0.15) is 5.69 Å². The molecular formula is C19H26N4O2S. The van der Waals surface area contributed by atoms with Crippen molar-refractivity contribution in [1.82, 2.24) is 19.8 Å². The van der Waals surface area contributed by atoms with Crippen molar-refractivity contribution in [3.8, 4) is 5.69 Å². The molecule has 1 aliphatic rings. The van der Waals surface area contributed by atoms with Crippen LogP contribution in [0.25, 0.3) is 5.69 Å². The van der Waals surface area contributed by atoms with E-state index in [1.54, 1.807) is 10.8 Å². The number of para-hydroxylation sites is 1. The number of carbonyl (C=O) groups excluding carboxylic acids is 1. The Morgan fingerprint density at radius 2 is 1.96 bits per heavy atom. The highest BCUT2D eigenvalue weighted by molar-refractivity contribution is 7.71. The number of morpholine rings is 1. The van der Waals surface area contributed by atoms with Crippen LogP contribution in [-0.4, -0.2) is 58.2 Å². The molecule has 0 radical (unpaired) electrons.